The third-order valence-electron chi connectivity index (χ3n) is 5.42. The molecule has 3 aromatic carbocycles. The number of pyridine rings is 1. The normalized spacial score (nSPS) is 13.3. The molecule has 0 amide bonds. The molecule has 0 fully saturated rings. The van der Waals surface area contributed by atoms with Crippen LogP contribution in [0.15, 0.2) is 71.3 Å². The number of hydrogen-bond donors (Lipinski definition) is 0. The largest absolute Gasteiger partial charge is 0.456 e. The average molecular weight is 354 g/mol. The minimum absolute atomic E-state index is 0.674. The molecule has 0 spiro atoms. The third-order valence-corrected chi connectivity index (χ3v) is 5.42. The van der Waals surface area contributed by atoms with Crippen molar-refractivity contribution in [2.45, 2.75) is 20.2 Å². The highest BCUT2D eigenvalue weighted by Gasteiger charge is 2.18. The summed E-state index contributed by atoms with van der Waals surface area (Å²) < 4.78 is 24.4. The van der Waals surface area contributed by atoms with E-state index >= 15 is 0 Å². The van der Waals surface area contributed by atoms with Crippen molar-refractivity contribution in [2.24, 2.45) is 7.05 Å². The number of furan rings is 1. The number of fused-ring (bicyclic) bond motifs is 5. The minimum atomic E-state index is -1.39. The Labute approximate surface area is 161 Å². The number of nitrogens with zero attached hydrogens (tertiary/aromatic N) is 1. The van der Waals surface area contributed by atoms with Gasteiger partial charge < -0.3 is 4.42 Å². The summed E-state index contributed by atoms with van der Waals surface area (Å²) in [5.41, 5.74) is 5.61. The molecule has 2 aromatic heterocycles. The lowest BCUT2D eigenvalue weighted by Gasteiger charge is -2.07. The summed E-state index contributed by atoms with van der Waals surface area (Å²) in [6.45, 7) is 3.67. The van der Waals surface area contributed by atoms with E-state index in [1.165, 1.54) is 10.8 Å². The predicted molar refractivity (Wildman–Crippen MR) is 112 cm³/mol. The van der Waals surface area contributed by atoms with Crippen LogP contribution in [0.1, 0.15) is 20.8 Å². The van der Waals surface area contributed by atoms with Gasteiger partial charge in [-0.15, -0.1) is 0 Å². The molecule has 0 N–H and O–H groups in total. The van der Waals surface area contributed by atoms with Gasteiger partial charge in [-0.25, -0.2) is 4.57 Å². The van der Waals surface area contributed by atoms with Gasteiger partial charge in [0.2, 0.25) is 5.69 Å². The molecule has 0 bridgehead atoms. The average Bonchev–Trinajstić information content (AvgIpc) is 3.04. The first-order valence-corrected chi connectivity index (χ1v) is 9.18. The molecule has 0 aliphatic rings. The number of rotatable bonds is 2. The summed E-state index contributed by atoms with van der Waals surface area (Å²) in [6.07, 6.45) is 0.540. The first-order valence-electron chi connectivity index (χ1n) is 10.2. The lowest BCUT2D eigenvalue weighted by Crippen LogP contribution is -2.30. The maximum atomic E-state index is 8.10. The lowest BCUT2D eigenvalue weighted by atomic mass is 9.98. The Morgan fingerprint density at radius 2 is 1.81 bits per heavy atom. The fourth-order valence-corrected chi connectivity index (χ4v) is 3.96. The quantitative estimate of drug-likeness (QED) is 0.350. The van der Waals surface area contributed by atoms with Crippen LogP contribution in [-0.4, -0.2) is 0 Å². The van der Waals surface area contributed by atoms with E-state index in [9.17, 15) is 0 Å². The molecule has 0 saturated heterocycles. The molecule has 5 aromatic rings. The monoisotopic (exact) mass is 354 g/mol. The van der Waals surface area contributed by atoms with Crippen LogP contribution < -0.4 is 4.57 Å². The van der Waals surface area contributed by atoms with E-state index < -0.39 is 6.37 Å². The predicted octanol–water partition coefficient (Wildman–Crippen LogP) is 6.10. The first-order chi connectivity index (χ1) is 13.8. The van der Waals surface area contributed by atoms with E-state index in [0.29, 0.717) is 5.56 Å². The number of benzene rings is 3. The summed E-state index contributed by atoms with van der Waals surface area (Å²) in [7, 11) is 2.00. The molecule has 0 radical (unpaired) electrons. The van der Waals surface area contributed by atoms with Crippen LogP contribution in [0.25, 0.3) is 44.0 Å². The van der Waals surface area contributed by atoms with Crippen molar-refractivity contribution >= 4 is 32.7 Å². The van der Waals surface area contributed by atoms with Crippen LogP contribution in [-0.2, 0) is 13.4 Å². The zero-order valence-electron chi connectivity index (χ0n) is 17.7. The molecule has 2 heterocycles. The van der Waals surface area contributed by atoms with Gasteiger partial charge in [-0.2, -0.15) is 0 Å². The van der Waals surface area contributed by atoms with Gasteiger partial charge in [0, 0.05) is 31.2 Å². The Balaban J connectivity index is 1.85. The first kappa shape index (κ1) is 14.0. The standard InChI is InChI=1S/C25H22NO/c1-4-17-11-12-26(3)22(14-17)20-15-21-24(13-16(20)2)27-23-10-9-18-7-5-6-8-19(18)25(21)23/h5-15H,4H2,1-3H3/q+1/i4D2. The van der Waals surface area contributed by atoms with Gasteiger partial charge in [0.05, 0.1) is 0 Å². The zero-order valence-corrected chi connectivity index (χ0v) is 15.7. The fourth-order valence-electron chi connectivity index (χ4n) is 3.96. The van der Waals surface area contributed by atoms with Crippen molar-refractivity contribution < 1.29 is 11.7 Å². The Morgan fingerprint density at radius 3 is 2.67 bits per heavy atom. The Morgan fingerprint density at radius 1 is 0.963 bits per heavy atom. The van der Waals surface area contributed by atoms with Crippen LogP contribution in [0, 0.1) is 6.92 Å². The highest BCUT2D eigenvalue weighted by molar-refractivity contribution is 6.19. The number of aryl methyl sites for hydroxylation is 3. The fraction of sp³-hybridized carbons (Fsp3) is 0.160. The van der Waals surface area contributed by atoms with E-state index in [4.69, 9.17) is 7.16 Å². The molecule has 5 rings (SSSR count). The highest BCUT2D eigenvalue weighted by Crippen LogP contribution is 2.37. The number of aromatic nitrogens is 1. The molecule has 0 aliphatic heterocycles. The van der Waals surface area contributed by atoms with Gasteiger partial charge in [-0.3, -0.25) is 0 Å². The maximum absolute atomic E-state index is 8.10. The summed E-state index contributed by atoms with van der Waals surface area (Å²) in [5, 5.41) is 4.59. The van der Waals surface area contributed by atoms with Crippen molar-refractivity contribution in [3.8, 4) is 11.3 Å². The summed E-state index contributed by atoms with van der Waals surface area (Å²) in [6, 6.07) is 20.6. The van der Waals surface area contributed by atoms with E-state index in [-0.39, 0.29) is 0 Å². The van der Waals surface area contributed by atoms with E-state index in [0.717, 1.165) is 38.8 Å². The van der Waals surface area contributed by atoms with Crippen molar-refractivity contribution in [1.29, 1.82) is 0 Å². The minimum Gasteiger partial charge on any atom is -0.456 e. The molecular weight excluding hydrogens is 330 g/mol. The highest BCUT2D eigenvalue weighted by atomic mass is 16.3. The molecule has 27 heavy (non-hydrogen) atoms. The molecule has 0 atom stereocenters. The summed E-state index contributed by atoms with van der Waals surface area (Å²) in [4.78, 5) is 0. The van der Waals surface area contributed by atoms with Crippen molar-refractivity contribution in [3.63, 3.8) is 0 Å². The second-order valence-electron chi connectivity index (χ2n) is 7.09. The molecule has 0 saturated carbocycles. The molecule has 132 valence electrons. The molecule has 0 aliphatic carbocycles. The third kappa shape index (κ3) is 2.44. The van der Waals surface area contributed by atoms with Crippen LogP contribution >= 0.6 is 0 Å². The molecule has 0 unspecified atom stereocenters. The second kappa shape index (κ2) is 5.95. The summed E-state index contributed by atoms with van der Waals surface area (Å²) in [5.74, 6) is 0. The molecule has 2 heteroatoms. The van der Waals surface area contributed by atoms with Gasteiger partial charge in [-0.05, 0) is 53.4 Å². The Kier molecular flexibility index (Phi) is 3.08. The second-order valence-corrected chi connectivity index (χ2v) is 7.09. The smallest absolute Gasteiger partial charge is 0.212 e. The Bertz CT molecular complexity index is 1410. The van der Waals surface area contributed by atoms with Gasteiger partial charge in [0.25, 0.3) is 0 Å². The van der Waals surface area contributed by atoms with E-state index in [1.54, 1.807) is 6.92 Å². The summed E-state index contributed by atoms with van der Waals surface area (Å²) >= 11 is 0. The molecule has 2 nitrogen and oxygen atoms in total. The van der Waals surface area contributed by atoms with E-state index in [1.807, 2.05) is 36.0 Å². The zero-order chi connectivity index (χ0) is 20.3. The van der Waals surface area contributed by atoms with Crippen LogP contribution in [0.2, 0.25) is 0 Å². The Hall–Kier alpha value is -3.13. The molecular formula is C25H22NO+. The maximum Gasteiger partial charge on any atom is 0.212 e. The van der Waals surface area contributed by atoms with Crippen molar-refractivity contribution in [1.82, 2.24) is 0 Å². The van der Waals surface area contributed by atoms with Gasteiger partial charge in [0.15, 0.2) is 6.20 Å². The van der Waals surface area contributed by atoms with Gasteiger partial charge in [0.1, 0.15) is 18.2 Å². The SMILES string of the molecule is [2H]C([2H])(C)c1cc[n+](C)c(-c2cc3c(cc2C)oc2ccc4ccccc4c23)c1. The van der Waals surface area contributed by atoms with Crippen LogP contribution in [0.3, 0.4) is 0 Å². The van der Waals surface area contributed by atoms with Crippen LogP contribution in [0.4, 0.5) is 0 Å². The van der Waals surface area contributed by atoms with Crippen molar-refractivity contribution in [3.05, 3.63) is 78.0 Å². The van der Waals surface area contributed by atoms with Crippen molar-refractivity contribution in [2.75, 3.05) is 0 Å². The van der Waals surface area contributed by atoms with Crippen LogP contribution in [0.5, 0.6) is 0 Å². The van der Waals surface area contributed by atoms with Gasteiger partial charge in [-0.1, -0.05) is 37.3 Å². The lowest BCUT2D eigenvalue weighted by molar-refractivity contribution is -0.660. The topological polar surface area (TPSA) is 17.0 Å². The van der Waals surface area contributed by atoms with E-state index in [2.05, 4.69) is 49.4 Å². The van der Waals surface area contributed by atoms with Gasteiger partial charge >= 0.3 is 0 Å². The number of hydrogen-bond acceptors (Lipinski definition) is 1.